The number of hydrogen-bond donors (Lipinski definition) is 4. The summed E-state index contributed by atoms with van der Waals surface area (Å²) in [6.07, 6.45) is 2.03. The molecule has 2 atom stereocenters. The summed E-state index contributed by atoms with van der Waals surface area (Å²) in [5.41, 5.74) is 5.57. The molecular weight excluding hydrogens is 367 g/mol. The van der Waals surface area contributed by atoms with Crippen LogP contribution in [0.4, 0.5) is 5.82 Å². The number of nitrogens with two attached hydrogens (primary N) is 1. The molecule has 5 N–H and O–H groups in total. The first kappa shape index (κ1) is 16.9. The van der Waals surface area contributed by atoms with Gasteiger partial charge in [0, 0.05) is 8.88 Å². The van der Waals surface area contributed by atoms with Crippen LogP contribution in [-0.2, 0) is 22.3 Å². The number of aromatic nitrogens is 4. The highest BCUT2D eigenvalue weighted by Gasteiger charge is 2.44. The molecule has 2 aromatic rings. The zero-order chi connectivity index (χ0) is 16.5. The van der Waals surface area contributed by atoms with E-state index in [0.717, 1.165) is 12.7 Å². The van der Waals surface area contributed by atoms with E-state index in [1.54, 1.807) is 0 Å². The predicted molar refractivity (Wildman–Crippen MR) is 68.0 cm³/mol. The van der Waals surface area contributed by atoms with Crippen LogP contribution in [-0.4, -0.2) is 34.4 Å². The quantitative estimate of drug-likeness (QED) is 0.480. The number of nitrogen functional groups attached to an aromatic ring is 1. The van der Waals surface area contributed by atoms with E-state index < -0.39 is 23.9 Å². The summed E-state index contributed by atoms with van der Waals surface area (Å²) >= 11 is 0. The van der Waals surface area contributed by atoms with E-state index >= 15 is 0 Å². The summed E-state index contributed by atoms with van der Waals surface area (Å²) < 4.78 is 45.7. The Morgan fingerprint density at radius 1 is 1.23 bits per heavy atom. The van der Waals surface area contributed by atoms with Gasteiger partial charge in [0.1, 0.15) is 12.7 Å². The van der Waals surface area contributed by atoms with Gasteiger partial charge in [0.15, 0.2) is 11.3 Å². The van der Waals surface area contributed by atoms with Crippen LogP contribution in [0.3, 0.4) is 0 Å². The molecule has 0 aliphatic rings. The SMILES string of the molecule is Nc1ncnc2c1ncn2O[P+](=O)OP(=O)(O)OP(=O)(O)O. The summed E-state index contributed by atoms with van der Waals surface area (Å²) in [4.78, 5) is 36.9. The van der Waals surface area contributed by atoms with Crippen LogP contribution < -0.4 is 10.4 Å². The Morgan fingerprint density at radius 2 is 1.91 bits per heavy atom. The van der Waals surface area contributed by atoms with Gasteiger partial charge in [-0.2, -0.15) is 4.31 Å². The second-order valence-electron chi connectivity index (χ2n) is 3.43. The molecule has 22 heavy (non-hydrogen) atoms. The fraction of sp³-hybridized carbons (Fsp3) is 0. The molecule has 0 amide bonds. The van der Waals surface area contributed by atoms with Crippen LogP contribution in [0.2, 0.25) is 0 Å². The Labute approximate surface area is 121 Å². The Hall–Kier alpha value is -1.49. The third-order valence-electron chi connectivity index (χ3n) is 1.87. The molecule has 0 spiro atoms. The molecule has 2 aromatic heterocycles. The van der Waals surface area contributed by atoms with Crippen molar-refractivity contribution in [2.75, 3.05) is 5.73 Å². The van der Waals surface area contributed by atoms with Crippen molar-refractivity contribution in [2.45, 2.75) is 0 Å². The maximum absolute atomic E-state index is 11.5. The third-order valence-corrected chi connectivity index (χ3v) is 5.21. The Morgan fingerprint density at radius 3 is 2.55 bits per heavy atom. The minimum Gasteiger partial charge on any atom is -0.382 e. The highest BCUT2D eigenvalue weighted by Crippen LogP contribution is 2.61. The lowest BCUT2D eigenvalue weighted by atomic mass is 10.5. The first-order valence-electron chi connectivity index (χ1n) is 4.96. The molecule has 17 heteroatoms. The number of anilines is 1. The number of imidazole rings is 1. The van der Waals surface area contributed by atoms with Crippen molar-refractivity contribution in [1.82, 2.24) is 19.7 Å². The lowest BCUT2D eigenvalue weighted by Gasteiger charge is -2.05. The average molecular weight is 374 g/mol. The maximum Gasteiger partial charge on any atom is 0.782 e. The first-order valence-corrected chi connectivity index (χ1v) is 9.08. The summed E-state index contributed by atoms with van der Waals surface area (Å²) in [7, 11) is -14.0. The number of rotatable bonds is 6. The van der Waals surface area contributed by atoms with E-state index in [2.05, 4.69) is 28.2 Å². The lowest BCUT2D eigenvalue weighted by molar-refractivity contribution is 0.210. The van der Waals surface area contributed by atoms with Crippen LogP contribution in [0, 0.1) is 0 Å². The molecule has 2 unspecified atom stereocenters. The van der Waals surface area contributed by atoms with Crippen molar-refractivity contribution in [1.29, 1.82) is 0 Å². The van der Waals surface area contributed by atoms with Gasteiger partial charge in [-0.05, 0) is 0 Å². The third kappa shape index (κ3) is 4.26. The van der Waals surface area contributed by atoms with E-state index in [-0.39, 0.29) is 17.0 Å². The van der Waals surface area contributed by atoms with Gasteiger partial charge in [-0.1, -0.05) is 4.73 Å². The molecule has 0 fully saturated rings. The fourth-order valence-corrected chi connectivity index (χ4v) is 3.73. The van der Waals surface area contributed by atoms with Crippen molar-refractivity contribution in [3.05, 3.63) is 12.7 Å². The van der Waals surface area contributed by atoms with E-state index in [1.165, 1.54) is 0 Å². The summed E-state index contributed by atoms with van der Waals surface area (Å²) in [5, 5.41) is 0. The fourth-order valence-electron chi connectivity index (χ4n) is 1.21. The van der Waals surface area contributed by atoms with Gasteiger partial charge in [-0.3, -0.25) is 4.89 Å². The Balaban J connectivity index is 2.13. The van der Waals surface area contributed by atoms with Crippen LogP contribution >= 0.6 is 23.9 Å². The van der Waals surface area contributed by atoms with Crippen molar-refractivity contribution in [3.8, 4) is 0 Å². The molecule has 0 bridgehead atoms. The van der Waals surface area contributed by atoms with E-state index in [1.807, 2.05) is 0 Å². The predicted octanol–water partition coefficient (Wildman–Crippen LogP) is -0.279. The topological polar surface area (TPSA) is 209 Å². The second-order valence-corrected chi connectivity index (χ2v) is 7.26. The monoisotopic (exact) mass is 374 g/mol. The van der Waals surface area contributed by atoms with E-state index in [9.17, 15) is 13.7 Å². The maximum atomic E-state index is 11.5. The zero-order valence-corrected chi connectivity index (χ0v) is 12.8. The number of hydrogen-bond acceptors (Lipinski definition) is 10. The van der Waals surface area contributed by atoms with Crippen LogP contribution in [0.5, 0.6) is 0 Å². The van der Waals surface area contributed by atoms with Gasteiger partial charge in [-0.25, -0.2) is 24.1 Å². The Kier molecular flexibility index (Phi) is 4.57. The van der Waals surface area contributed by atoms with E-state index in [4.69, 9.17) is 20.4 Å². The van der Waals surface area contributed by atoms with Gasteiger partial charge in [0.2, 0.25) is 5.65 Å². The van der Waals surface area contributed by atoms with Gasteiger partial charge in [0.25, 0.3) is 0 Å². The molecule has 0 aromatic carbocycles. The normalized spacial score (nSPS) is 15.5. The van der Waals surface area contributed by atoms with E-state index in [0.29, 0.717) is 4.73 Å². The molecule has 14 nitrogen and oxygen atoms in total. The smallest absolute Gasteiger partial charge is 0.382 e. The summed E-state index contributed by atoms with van der Waals surface area (Å²) in [6.45, 7) is 0. The lowest BCUT2D eigenvalue weighted by Crippen LogP contribution is -2.04. The summed E-state index contributed by atoms with van der Waals surface area (Å²) in [5.74, 6) is 0.00107. The highest BCUT2D eigenvalue weighted by molar-refractivity contribution is 7.64. The standard InChI is InChI=1S/C5H6N5O9P3/c6-4-3-5(8-1-7-4)10(2-9-3)17-20(11)18-22(15,16)19-21(12,13)14/h1-2H,(H4-,6,7,8,12,13,14,15,16)/p+1. The van der Waals surface area contributed by atoms with Crippen molar-refractivity contribution in [3.63, 3.8) is 0 Å². The van der Waals surface area contributed by atoms with Gasteiger partial charge in [0.05, 0.1) is 0 Å². The molecule has 0 radical (unpaired) electrons. The molecule has 2 rings (SSSR count). The Bertz CT molecular complexity index is 815. The zero-order valence-electron chi connectivity index (χ0n) is 10.2. The highest BCUT2D eigenvalue weighted by atomic mass is 31.3. The van der Waals surface area contributed by atoms with Crippen LogP contribution in [0.1, 0.15) is 0 Å². The van der Waals surface area contributed by atoms with Crippen molar-refractivity contribution < 1.29 is 41.6 Å². The van der Waals surface area contributed by atoms with Gasteiger partial charge in [-0.15, -0.1) is 4.62 Å². The molecule has 0 aliphatic carbocycles. The number of nitrogens with zero attached hydrogens (tertiary/aromatic N) is 4. The number of phosphoric acid groups is 2. The average Bonchev–Trinajstić information content (AvgIpc) is 2.69. The van der Waals surface area contributed by atoms with Crippen molar-refractivity contribution >= 4 is 40.9 Å². The number of fused-ring (bicyclic) bond motifs is 1. The molecule has 2 heterocycles. The molecular formula is C5H7N5O9P3+. The minimum atomic E-state index is -5.34. The second kappa shape index (κ2) is 5.95. The molecule has 0 saturated carbocycles. The largest absolute Gasteiger partial charge is 0.782 e. The minimum absolute atomic E-state index is 0.00107. The molecule has 120 valence electrons. The van der Waals surface area contributed by atoms with Gasteiger partial charge >= 0.3 is 23.9 Å². The van der Waals surface area contributed by atoms with Gasteiger partial charge < -0.3 is 15.5 Å². The molecule has 0 aliphatic heterocycles. The molecule has 0 saturated heterocycles. The van der Waals surface area contributed by atoms with Crippen molar-refractivity contribution in [2.24, 2.45) is 0 Å². The van der Waals surface area contributed by atoms with Crippen LogP contribution in [0.15, 0.2) is 12.7 Å². The first-order chi connectivity index (χ1) is 10.1. The summed E-state index contributed by atoms with van der Waals surface area (Å²) in [6, 6.07) is 0. The van der Waals surface area contributed by atoms with Crippen LogP contribution in [0.25, 0.3) is 11.2 Å².